The van der Waals surface area contributed by atoms with Gasteiger partial charge in [-0.3, -0.25) is 20.5 Å². The highest BCUT2D eigenvalue weighted by molar-refractivity contribution is 5.78. The van der Waals surface area contributed by atoms with E-state index in [1.165, 1.54) is 5.56 Å². The molecule has 6 rings (SSSR count). The van der Waals surface area contributed by atoms with Crippen LogP contribution in [0, 0.1) is 0 Å². The van der Waals surface area contributed by atoms with Crippen LogP contribution in [0.15, 0.2) is 36.5 Å². The van der Waals surface area contributed by atoms with E-state index in [9.17, 15) is 4.79 Å². The fourth-order valence-corrected chi connectivity index (χ4v) is 5.71. The lowest BCUT2D eigenvalue weighted by molar-refractivity contribution is -0.130. The molecule has 0 radical (unpaired) electrons. The van der Waals surface area contributed by atoms with E-state index >= 15 is 0 Å². The second-order valence-corrected chi connectivity index (χ2v) is 9.88. The van der Waals surface area contributed by atoms with Gasteiger partial charge in [0.2, 0.25) is 11.8 Å². The van der Waals surface area contributed by atoms with E-state index in [1.807, 2.05) is 24.4 Å². The Morgan fingerprint density at radius 2 is 2.03 bits per heavy atom. The Labute approximate surface area is 200 Å². The van der Waals surface area contributed by atoms with Gasteiger partial charge >= 0.3 is 0 Å². The smallest absolute Gasteiger partial charge is 0.222 e. The van der Waals surface area contributed by atoms with Crippen molar-refractivity contribution in [1.29, 1.82) is 0 Å². The normalized spacial score (nSPS) is 25.5. The van der Waals surface area contributed by atoms with Gasteiger partial charge in [-0.25, -0.2) is 4.98 Å². The van der Waals surface area contributed by atoms with E-state index in [0.717, 1.165) is 88.3 Å². The molecule has 5 heterocycles. The second kappa shape index (κ2) is 9.52. The molecule has 1 aromatic carbocycles. The molecule has 34 heavy (non-hydrogen) atoms. The number of carbonyl (C=O) groups excluding carboxylic acids is 1. The molecule has 0 aliphatic carbocycles. The number of nitrogens with one attached hydrogen (secondary N) is 2. The number of fused-ring (bicyclic) bond motifs is 1. The Kier molecular flexibility index (Phi) is 6.11. The molecule has 0 spiro atoms. The van der Waals surface area contributed by atoms with Crippen LogP contribution < -0.4 is 20.3 Å². The summed E-state index contributed by atoms with van der Waals surface area (Å²) < 4.78 is 12.3. The van der Waals surface area contributed by atoms with Gasteiger partial charge in [0.25, 0.3) is 0 Å². The van der Waals surface area contributed by atoms with Gasteiger partial charge in [-0.05, 0) is 42.9 Å². The van der Waals surface area contributed by atoms with Crippen molar-refractivity contribution in [2.45, 2.75) is 56.7 Å². The summed E-state index contributed by atoms with van der Waals surface area (Å²) in [4.78, 5) is 21.1. The zero-order valence-corrected chi connectivity index (χ0v) is 19.5. The van der Waals surface area contributed by atoms with Gasteiger partial charge in [0.15, 0.2) is 0 Å². The highest BCUT2D eigenvalue weighted by Crippen LogP contribution is 2.35. The molecule has 180 valence electrons. The summed E-state index contributed by atoms with van der Waals surface area (Å²) in [7, 11) is 0. The average Bonchev–Trinajstić information content (AvgIpc) is 3.61. The van der Waals surface area contributed by atoms with Crippen LogP contribution in [0.25, 0.3) is 0 Å². The topological polar surface area (TPSA) is 79.0 Å². The molecule has 1 amide bonds. The van der Waals surface area contributed by atoms with Crippen molar-refractivity contribution in [3.8, 4) is 17.4 Å². The number of hydrogen-bond donors (Lipinski definition) is 2. The van der Waals surface area contributed by atoms with Crippen LogP contribution in [0.5, 0.6) is 17.4 Å². The standard InChI is InChI=1S/C26H33N5O3/c32-26-2-1-11-31(26)20-8-12-30(13-9-20)17-22-14-18-3-5-21(15-24(18)33-22)34-25-6-4-19(16-27-25)23-7-10-28-29-23/h3-6,15-16,20,22-23,28-29H,1-2,7-14,17H2/t22-,23?/m1/s1. The maximum Gasteiger partial charge on any atom is 0.222 e. The van der Waals surface area contributed by atoms with Gasteiger partial charge in [0, 0.05) is 76.0 Å². The first-order chi connectivity index (χ1) is 16.7. The summed E-state index contributed by atoms with van der Waals surface area (Å²) in [6.07, 6.45) is 7.93. The van der Waals surface area contributed by atoms with Crippen molar-refractivity contribution in [3.05, 3.63) is 47.7 Å². The lowest BCUT2D eigenvalue weighted by Crippen LogP contribution is -2.47. The van der Waals surface area contributed by atoms with Gasteiger partial charge in [0.05, 0.1) is 0 Å². The van der Waals surface area contributed by atoms with Crippen molar-refractivity contribution < 1.29 is 14.3 Å². The third-order valence-corrected chi connectivity index (χ3v) is 7.57. The van der Waals surface area contributed by atoms with E-state index in [1.54, 1.807) is 0 Å². The molecule has 3 saturated heterocycles. The summed E-state index contributed by atoms with van der Waals surface area (Å²) in [6, 6.07) is 10.8. The zero-order chi connectivity index (χ0) is 22.9. The first-order valence-corrected chi connectivity index (χ1v) is 12.6. The number of amides is 1. The minimum absolute atomic E-state index is 0.167. The molecule has 8 heteroatoms. The van der Waals surface area contributed by atoms with E-state index in [0.29, 0.717) is 23.9 Å². The van der Waals surface area contributed by atoms with Crippen LogP contribution in [-0.4, -0.2) is 65.6 Å². The zero-order valence-electron chi connectivity index (χ0n) is 19.5. The molecule has 0 bridgehead atoms. The maximum absolute atomic E-state index is 12.0. The predicted octanol–water partition coefficient (Wildman–Crippen LogP) is 2.80. The molecular formula is C26H33N5O3. The number of benzene rings is 1. The van der Waals surface area contributed by atoms with Crippen LogP contribution in [0.4, 0.5) is 0 Å². The van der Waals surface area contributed by atoms with E-state index < -0.39 is 0 Å². The fraction of sp³-hybridized carbons (Fsp3) is 0.538. The van der Waals surface area contributed by atoms with Crippen LogP contribution in [-0.2, 0) is 11.2 Å². The Morgan fingerprint density at radius 1 is 1.12 bits per heavy atom. The van der Waals surface area contributed by atoms with Crippen LogP contribution in [0.1, 0.15) is 49.3 Å². The third kappa shape index (κ3) is 4.62. The summed E-state index contributed by atoms with van der Waals surface area (Å²) in [6.45, 7) is 4.92. The van der Waals surface area contributed by atoms with Gasteiger partial charge in [-0.2, -0.15) is 0 Å². The van der Waals surface area contributed by atoms with Crippen molar-refractivity contribution in [1.82, 2.24) is 25.6 Å². The largest absolute Gasteiger partial charge is 0.488 e. The monoisotopic (exact) mass is 463 g/mol. The first-order valence-electron chi connectivity index (χ1n) is 12.6. The quantitative estimate of drug-likeness (QED) is 0.682. The molecule has 1 unspecified atom stereocenters. The Bertz CT molecular complexity index is 1020. The Balaban J connectivity index is 1.01. The number of likely N-dealkylation sites (tertiary alicyclic amines) is 2. The maximum atomic E-state index is 12.0. The lowest BCUT2D eigenvalue weighted by Gasteiger charge is -2.37. The predicted molar refractivity (Wildman–Crippen MR) is 128 cm³/mol. The van der Waals surface area contributed by atoms with Crippen molar-refractivity contribution in [2.24, 2.45) is 0 Å². The van der Waals surface area contributed by atoms with E-state index in [-0.39, 0.29) is 6.10 Å². The third-order valence-electron chi connectivity index (χ3n) is 7.57. The van der Waals surface area contributed by atoms with E-state index in [4.69, 9.17) is 9.47 Å². The Morgan fingerprint density at radius 3 is 2.76 bits per heavy atom. The van der Waals surface area contributed by atoms with Gasteiger partial charge in [0.1, 0.15) is 17.6 Å². The number of ether oxygens (including phenoxy) is 2. The number of rotatable bonds is 6. The second-order valence-electron chi connectivity index (χ2n) is 9.88. The highest BCUT2D eigenvalue weighted by atomic mass is 16.5. The lowest BCUT2D eigenvalue weighted by atomic mass is 10.0. The molecule has 2 N–H and O–H groups in total. The molecule has 1 aromatic heterocycles. The number of pyridine rings is 1. The summed E-state index contributed by atoms with van der Waals surface area (Å²) in [5.74, 6) is 2.60. The van der Waals surface area contributed by atoms with Crippen LogP contribution in [0.2, 0.25) is 0 Å². The number of hydrogen-bond acceptors (Lipinski definition) is 7. The molecule has 0 saturated carbocycles. The highest BCUT2D eigenvalue weighted by Gasteiger charge is 2.32. The van der Waals surface area contributed by atoms with Crippen LogP contribution >= 0.6 is 0 Å². The number of nitrogens with zero attached hydrogens (tertiary/aromatic N) is 3. The van der Waals surface area contributed by atoms with Gasteiger partial charge < -0.3 is 14.4 Å². The van der Waals surface area contributed by atoms with Gasteiger partial charge in [-0.15, -0.1) is 0 Å². The number of aromatic nitrogens is 1. The van der Waals surface area contributed by atoms with Crippen molar-refractivity contribution >= 4 is 5.91 Å². The van der Waals surface area contributed by atoms with Crippen molar-refractivity contribution in [2.75, 3.05) is 32.7 Å². The molecule has 8 nitrogen and oxygen atoms in total. The SMILES string of the molecule is O=C1CCCN1C1CCN(C[C@H]2Cc3ccc(Oc4ccc(C5CCNN5)cn4)cc3O2)CC1. The van der Waals surface area contributed by atoms with E-state index in [2.05, 4.69) is 37.8 Å². The molecule has 2 aromatic rings. The average molecular weight is 464 g/mol. The summed E-state index contributed by atoms with van der Waals surface area (Å²) >= 11 is 0. The number of piperidine rings is 1. The van der Waals surface area contributed by atoms with Gasteiger partial charge in [-0.1, -0.05) is 12.1 Å². The molecule has 3 fully saturated rings. The minimum atomic E-state index is 0.167. The summed E-state index contributed by atoms with van der Waals surface area (Å²) in [5, 5.41) is 0. The molecule has 2 atom stereocenters. The van der Waals surface area contributed by atoms with Crippen molar-refractivity contribution in [3.63, 3.8) is 0 Å². The number of carbonyl (C=O) groups is 1. The minimum Gasteiger partial charge on any atom is -0.488 e. The first kappa shape index (κ1) is 21.8. The molecular weight excluding hydrogens is 430 g/mol. The summed E-state index contributed by atoms with van der Waals surface area (Å²) in [5.41, 5.74) is 8.80. The fourth-order valence-electron chi connectivity index (χ4n) is 5.71. The number of hydrazine groups is 1. The Hall–Kier alpha value is -2.68. The molecule has 4 aliphatic heterocycles. The molecule has 4 aliphatic rings. The van der Waals surface area contributed by atoms with Crippen LogP contribution in [0.3, 0.4) is 0 Å².